The molecule has 2 rings (SSSR count). The van der Waals surface area contributed by atoms with Gasteiger partial charge in [0.25, 0.3) is 0 Å². The van der Waals surface area contributed by atoms with Gasteiger partial charge in [-0.25, -0.2) is 0 Å². The molecule has 0 unspecified atom stereocenters. The predicted molar refractivity (Wildman–Crippen MR) is 68.5 cm³/mol. The van der Waals surface area contributed by atoms with Crippen molar-refractivity contribution in [2.24, 2.45) is 0 Å². The van der Waals surface area contributed by atoms with E-state index in [1.165, 1.54) is 0 Å². The maximum Gasteiger partial charge on any atom is 0.165 e. The third-order valence-electron chi connectivity index (χ3n) is 2.95. The maximum absolute atomic E-state index is 11.9. The zero-order chi connectivity index (χ0) is 12.5. The van der Waals surface area contributed by atoms with Gasteiger partial charge in [-0.2, -0.15) is 0 Å². The van der Waals surface area contributed by atoms with E-state index < -0.39 is 5.60 Å². The van der Waals surface area contributed by atoms with Gasteiger partial charge < -0.3 is 10.0 Å². The van der Waals surface area contributed by atoms with E-state index in [9.17, 15) is 9.90 Å². The summed E-state index contributed by atoms with van der Waals surface area (Å²) in [4.78, 5) is 14.0. The first-order valence-electron chi connectivity index (χ1n) is 6.07. The molecule has 0 spiro atoms. The third-order valence-corrected chi connectivity index (χ3v) is 2.95. The highest BCUT2D eigenvalue weighted by molar-refractivity contribution is 6.01. The minimum atomic E-state index is -0.750. The Balaban J connectivity index is 2.35. The van der Waals surface area contributed by atoms with Crippen LogP contribution in [0.1, 0.15) is 37.0 Å². The highest BCUT2D eigenvalue weighted by Crippen LogP contribution is 2.27. The number of aliphatic hydroxyl groups is 1. The molecule has 0 aromatic heterocycles. The number of rotatable bonds is 2. The monoisotopic (exact) mass is 233 g/mol. The van der Waals surface area contributed by atoms with Crippen molar-refractivity contribution in [2.45, 2.75) is 32.3 Å². The third kappa shape index (κ3) is 2.86. The number of ketones is 1. The molecule has 1 N–H and O–H groups in total. The molecule has 1 aliphatic heterocycles. The van der Waals surface area contributed by atoms with Gasteiger partial charge >= 0.3 is 0 Å². The lowest BCUT2D eigenvalue weighted by Crippen LogP contribution is -2.39. The number of anilines is 1. The van der Waals surface area contributed by atoms with Crippen LogP contribution in [0.15, 0.2) is 24.3 Å². The summed E-state index contributed by atoms with van der Waals surface area (Å²) >= 11 is 0. The molecular weight excluding hydrogens is 214 g/mol. The van der Waals surface area contributed by atoms with E-state index in [4.69, 9.17) is 0 Å². The fourth-order valence-corrected chi connectivity index (χ4v) is 2.30. The van der Waals surface area contributed by atoms with Crippen LogP contribution in [0.3, 0.4) is 0 Å². The molecule has 0 saturated heterocycles. The Hall–Kier alpha value is -1.35. The molecule has 1 heterocycles. The Morgan fingerprint density at radius 2 is 2.06 bits per heavy atom. The Morgan fingerprint density at radius 3 is 2.76 bits per heavy atom. The molecule has 0 radical (unpaired) electrons. The fraction of sp³-hybridized carbons (Fsp3) is 0.500. The second-order valence-electron chi connectivity index (χ2n) is 5.28. The predicted octanol–water partition coefficient (Wildman–Crippen LogP) is 2.24. The number of carbonyl (C=O) groups excluding carboxylic acids is 1. The van der Waals surface area contributed by atoms with Crippen LogP contribution in [0.25, 0.3) is 0 Å². The molecule has 1 aromatic rings. The molecule has 3 heteroatoms. The smallest absolute Gasteiger partial charge is 0.165 e. The summed E-state index contributed by atoms with van der Waals surface area (Å²) in [6, 6.07) is 7.67. The number of β-amino-alcohol motifs (C(OH)–C–C–N with tert-alkyl or cyclic N) is 1. The summed E-state index contributed by atoms with van der Waals surface area (Å²) in [6.45, 7) is 4.97. The van der Waals surface area contributed by atoms with Crippen molar-refractivity contribution in [3.8, 4) is 0 Å². The van der Waals surface area contributed by atoms with Gasteiger partial charge in [-0.1, -0.05) is 12.1 Å². The first-order chi connectivity index (χ1) is 7.97. The number of nitrogens with zero attached hydrogens (tertiary/aromatic N) is 1. The number of hydrogen-bond donors (Lipinski definition) is 1. The number of para-hydroxylation sites is 1. The highest BCUT2D eigenvalue weighted by atomic mass is 16.3. The van der Waals surface area contributed by atoms with Crippen LogP contribution in [0, 0.1) is 0 Å². The first kappa shape index (κ1) is 12.1. The number of hydrogen-bond acceptors (Lipinski definition) is 3. The fourth-order valence-electron chi connectivity index (χ4n) is 2.30. The van der Waals surface area contributed by atoms with Crippen LogP contribution in [-0.4, -0.2) is 29.6 Å². The van der Waals surface area contributed by atoms with Crippen LogP contribution in [0.5, 0.6) is 0 Å². The normalized spacial score (nSPS) is 16.6. The zero-order valence-electron chi connectivity index (χ0n) is 10.4. The molecule has 0 amide bonds. The molecule has 17 heavy (non-hydrogen) atoms. The highest BCUT2D eigenvalue weighted by Gasteiger charge is 2.24. The van der Waals surface area contributed by atoms with Gasteiger partial charge in [0.1, 0.15) is 0 Å². The maximum atomic E-state index is 11.9. The topological polar surface area (TPSA) is 40.5 Å². The molecule has 0 bridgehead atoms. The number of benzene rings is 1. The summed E-state index contributed by atoms with van der Waals surface area (Å²) in [6.07, 6.45) is 1.45. The summed E-state index contributed by atoms with van der Waals surface area (Å²) in [5.74, 6) is 0.207. The molecule has 0 fully saturated rings. The molecule has 0 atom stereocenters. The average Bonchev–Trinajstić information content (AvgIpc) is 2.39. The van der Waals surface area contributed by atoms with E-state index >= 15 is 0 Å². The molecule has 1 aromatic carbocycles. The van der Waals surface area contributed by atoms with E-state index in [2.05, 4.69) is 4.90 Å². The summed E-state index contributed by atoms with van der Waals surface area (Å²) in [5.41, 5.74) is 0.993. The largest absolute Gasteiger partial charge is 0.389 e. The lowest BCUT2D eigenvalue weighted by Gasteiger charge is -2.30. The first-order valence-corrected chi connectivity index (χ1v) is 6.07. The minimum absolute atomic E-state index is 0.207. The van der Waals surface area contributed by atoms with Crippen molar-refractivity contribution in [1.82, 2.24) is 0 Å². The summed E-state index contributed by atoms with van der Waals surface area (Å²) < 4.78 is 0. The van der Waals surface area contributed by atoms with Crippen molar-refractivity contribution in [3.63, 3.8) is 0 Å². The Morgan fingerprint density at radius 1 is 1.35 bits per heavy atom. The summed E-state index contributed by atoms with van der Waals surface area (Å²) in [7, 11) is 0. The van der Waals surface area contributed by atoms with Crippen molar-refractivity contribution in [3.05, 3.63) is 29.8 Å². The van der Waals surface area contributed by atoms with Crippen molar-refractivity contribution < 1.29 is 9.90 Å². The molecule has 3 nitrogen and oxygen atoms in total. The standard InChI is InChI=1S/C14H19NO2/c1-14(2,17)10-15-9-5-8-13(16)11-6-3-4-7-12(11)15/h3-4,6-7,17H,5,8-10H2,1-2H3. The van der Waals surface area contributed by atoms with Crippen molar-refractivity contribution in [2.75, 3.05) is 18.0 Å². The Labute approximate surface area is 102 Å². The van der Waals surface area contributed by atoms with Gasteiger partial charge in [-0.15, -0.1) is 0 Å². The van der Waals surface area contributed by atoms with Crippen LogP contribution in [-0.2, 0) is 0 Å². The quantitative estimate of drug-likeness (QED) is 0.851. The van der Waals surface area contributed by atoms with Gasteiger partial charge in [0.15, 0.2) is 5.78 Å². The van der Waals surface area contributed by atoms with Crippen LogP contribution in [0.4, 0.5) is 5.69 Å². The Bertz CT molecular complexity index is 420. The van der Waals surface area contributed by atoms with E-state index in [1.807, 2.05) is 24.3 Å². The molecular formula is C14H19NO2. The minimum Gasteiger partial charge on any atom is -0.389 e. The Kier molecular flexibility index (Phi) is 3.20. The molecule has 92 valence electrons. The summed E-state index contributed by atoms with van der Waals surface area (Å²) in [5, 5.41) is 9.93. The van der Waals surface area contributed by atoms with E-state index in [0.29, 0.717) is 13.0 Å². The second-order valence-corrected chi connectivity index (χ2v) is 5.28. The lowest BCUT2D eigenvalue weighted by atomic mass is 10.1. The molecule has 0 aliphatic carbocycles. The van der Waals surface area contributed by atoms with E-state index in [0.717, 1.165) is 24.2 Å². The number of Topliss-reactive ketones (excluding diaryl/α,β-unsaturated/α-hetero) is 1. The van der Waals surface area contributed by atoms with Crippen molar-refractivity contribution >= 4 is 11.5 Å². The molecule has 1 aliphatic rings. The number of carbonyl (C=O) groups is 1. The lowest BCUT2D eigenvalue weighted by molar-refractivity contribution is 0.0873. The van der Waals surface area contributed by atoms with Gasteiger partial charge in [-0.3, -0.25) is 4.79 Å². The van der Waals surface area contributed by atoms with Gasteiger partial charge in [0.05, 0.1) is 5.60 Å². The average molecular weight is 233 g/mol. The number of fused-ring (bicyclic) bond motifs is 1. The van der Waals surface area contributed by atoms with Gasteiger partial charge in [0.2, 0.25) is 0 Å². The second kappa shape index (κ2) is 4.49. The van der Waals surface area contributed by atoms with Crippen LogP contribution < -0.4 is 4.90 Å². The van der Waals surface area contributed by atoms with Gasteiger partial charge in [-0.05, 0) is 32.4 Å². The van der Waals surface area contributed by atoms with Crippen LogP contribution >= 0.6 is 0 Å². The van der Waals surface area contributed by atoms with E-state index in [1.54, 1.807) is 13.8 Å². The van der Waals surface area contributed by atoms with E-state index in [-0.39, 0.29) is 5.78 Å². The zero-order valence-corrected chi connectivity index (χ0v) is 10.4. The molecule has 0 saturated carbocycles. The SMILES string of the molecule is CC(C)(O)CN1CCCC(=O)c2ccccc21. The van der Waals surface area contributed by atoms with Crippen molar-refractivity contribution in [1.29, 1.82) is 0 Å². The van der Waals surface area contributed by atoms with Gasteiger partial charge in [0, 0.05) is 30.8 Å². The van der Waals surface area contributed by atoms with Crippen LogP contribution in [0.2, 0.25) is 0 Å².